The molecule has 0 aromatic carbocycles. The normalized spacial score (nSPS) is 9.33. The molecule has 5 nitrogen and oxygen atoms in total. The van der Waals surface area contributed by atoms with Crippen LogP contribution in [0.25, 0.3) is 0 Å². The van der Waals surface area contributed by atoms with E-state index in [1.165, 1.54) is 6.92 Å². The average molecular weight is 173 g/mol. The molecule has 0 aliphatic rings. The molecule has 0 aromatic rings. The van der Waals surface area contributed by atoms with Gasteiger partial charge in [0.25, 0.3) is 11.9 Å². The van der Waals surface area contributed by atoms with Crippen LogP contribution in [0.3, 0.4) is 0 Å². The Morgan fingerprint density at radius 2 is 1.25 bits per heavy atom. The molecule has 0 amide bonds. The van der Waals surface area contributed by atoms with Crippen LogP contribution in [0.1, 0.15) is 20.8 Å². The molecular formula is C6H10BO5-. The molecule has 0 bridgehead atoms. The van der Waals surface area contributed by atoms with Crippen molar-refractivity contribution in [2.75, 3.05) is 0 Å². The van der Waals surface area contributed by atoms with E-state index < -0.39 is 24.7 Å². The molecule has 0 spiro atoms. The van der Waals surface area contributed by atoms with E-state index in [0.29, 0.717) is 0 Å². The molecule has 0 radical (unpaired) electrons. The second kappa shape index (κ2) is 4.53. The minimum atomic E-state index is -2.22. The zero-order valence-electron chi connectivity index (χ0n) is 7.25. The molecular weight excluding hydrogens is 163 g/mol. The maximum absolute atomic E-state index is 10.7. The van der Waals surface area contributed by atoms with Crippen molar-refractivity contribution in [2.45, 2.75) is 20.8 Å². The highest BCUT2D eigenvalue weighted by Gasteiger charge is 2.14. The molecule has 6 heteroatoms. The molecule has 0 fully saturated rings. The first kappa shape index (κ1) is 10.7. The summed E-state index contributed by atoms with van der Waals surface area (Å²) < 4.78 is 8.95. The summed E-state index contributed by atoms with van der Waals surface area (Å²) in [5.41, 5.74) is -0.444. The average Bonchev–Trinajstić information content (AvgIpc) is 1.83. The van der Waals surface area contributed by atoms with Crippen LogP contribution in [0.5, 0.6) is 0 Å². The van der Waals surface area contributed by atoms with E-state index in [9.17, 15) is 14.4 Å². The van der Waals surface area contributed by atoms with Crippen LogP contribution in [0.2, 0.25) is 0 Å². The van der Waals surface area contributed by atoms with Gasteiger partial charge < -0.3 is 14.1 Å². The summed E-state index contributed by atoms with van der Waals surface area (Å²) in [5.74, 6) is -1.27. The Kier molecular flexibility index (Phi) is 4.03. The molecule has 0 unspecified atom stereocenters. The highest BCUT2D eigenvalue weighted by atomic mass is 16.6. The summed E-state index contributed by atoms with van der Waals surface area (Å²) in [4.78, 5) is 31.5. The van der Waals surface area contributed by atoms with Crippen molar-refractivity contribution >= 4 is 24.7 Å². The quantitative estimate of drug-likeness (QED) is 0.536. The lowest BCUT2D eigenvalue weighted by molar-refractivity contribution is -0.139. The van der Waals surface area contributed by atoms with Gasteiger partial charge in [0.1, 0.15) is 0 Å². The zero-order valence-corrected chi connectivity index (χ0v) is 7.25. The van der Waals surface area contributed by atoms with Gasteiger partial charge in [-0.15, -0.1) is 0 Å². The molecule has 12 heavy (non-hydrogen) atoms. The first-order chi connectivity index (χ1) is 5.43. The maximum atomic E-state index is 10.7. The molecule has 0 N–H and O–H groups in total. The van der Waals surface area contributed by atoms with E-state index in [1.807, 2.05) is 0 Å². The molecule has 0 saturated carbocycles. The lowest BCUT2D eigenvalue weighted by Crippen LogP contribution is -2.34. The van der Waals surface area contributed by atoms with Gasteiger partial charge in [0.15, 0.2) is 0 Å². The minimum Gasteiger partial charge on any atom is -0.654 e. The summed E-state index contributed by atoms with van der Waals surface area (Å²) >= 11 is 0. The Balaban J connectivity index is 4.14. The minimum absolute atomic E-state index is 0.444. The van der Waals surface area contributed by atoms with Gasteiger partial charge in [0.2, 0.25) is 0 Å². The van der Waals surface area contributed by atoms with Crippen molar-refractivity contribution in [3.8, 4) is 0 Å². The molecule has 0 atom stereocenters. The molecule has 0 heterocycles. The molecule has 68 valence electrons. The predicted octanol–water partition coefficient (Wildman–Crippen LogP) is -0.539. The van der Waals surface area contributed by atoms with Crippen LogP contribution in [0, 0.1) is 0 Å². The van der Waals surface area contributed by atoms with Crippen LogP contribution in [-0.2, 0) is 23.7 Å². The number of hydrogen-bond donors (Lipinski definition) is 0. The van der Waals surface area contributed by atoms with Crippen molar-refractivity contribution in [2.24, 2.45) is 0 Å². The third-order valence-electron chi connectivity index (χ3n) is 1.08. The van der Waals surface area contributed by atoms with Gasteiger partial charge >= 0.3 is 7.12 Å². The fraction of sp³-hybridized carbons (Fsp3) is 0.500. The molecule has 0 aliphatic carbocycles. The van der Waals surface area contributed by atoms with E-state index in [4.69, 9.17) is 0 Å². The number of hydrogen-bond acceptors (Lipinski definition) is 5. The first-order valence-corrected chi connectivity index (χ1v) is 3.45. The van der Waals surface area contributed by atoms with E-state index in [2.05, 4.69) is 9.31 Å². The summed E-state index contributed by atoms with van der Waals surface area (Å²) in [6.07, 6.45) is 0. The predicted molar refractivity (Wildman–Crippen MR) is 41.4 cm³/mol. The third kappa shape index (κ3) is 4.48. The van der Waals surface area contributed by atoms with Crippen molar-refractivity contribution in [3.05, 3.63) is 0 Å². The van der Waals surface area contributed by atoms with E-state index in [-0.39, 0.29) is 0 Å². The van der Waals surface area contributed by atoms with Gasteiger partial charge in [-0.2, -0.15) is 0 Å². The van der Waals surface area contributed by atoms with Gasteiger partial charge in [-0.05, 0) is 6.92 Å². The highest BCUT2D eigenvalue weighted by molar-refractivity contribution is 6.82. The number of carbonyl (C=O) groups is 3. The van der Waals surface area contributed by atoms with Crippen LogP contribution in [0.15, 0.2) is 0 Å². The SMILES string of the molecule is CC(=O)O[BH-](OC(C)=O)C(C)=O. The lowest BCUT2D eigenvalue weighted by Gasteiger charge is -2.22. The summed E-state index contributed by atoms with van der Waals surface area (Å²) in [6, 6.07) is 0. The van der Waals surface area contributed by atoms with Crippen LogP contribution in [0.4, 0.5) is 0 Å². The Morgan fingerprint density at radius 1 is 0.917 bits per heavy atom. The fourth-order valence-corrected chi connectivity index (χ4v) is 0.602. The Labute approximate surface area is 70.2 Å². The van der Waals surface area contributed by atoms with Gasteiger partial charge in [0, 0.05) is 13.8 Å². The van der Waals surface area contributed by atoms with Crippen molar-refractivity contribution in [1.29, 1.82) is 0 Å². The Hall–Kier alpha value is -1.33. The largest absolute Gasteiger partial charge is 0.654 e. The summed E-state index contributed by atoms with van der Waals surface area (Å²) in [7, 11) is -2.22. The topological polar surface area (TPSA) is 69.7 Å². The first-order valence-electron chi connectivity index (χ1n) is 3.45. The lowest BCUT2D eigenvalue weighted by atomic mass is 9.84. The monoisotopic (exact) mass is 173 g/mol. The van der Waals surface area contributed by atoms with Crippen LogP contribution in [-0.4, -0.2) is 24.7 Å². The highest BCUT2D eigenvalue weighted by Crippen LogP contribution is 1.92. The summed E-state index contributed by atoms with van der Waals surface area (Å²) in [6.45, 7) is 3.49. The molecule has 0 aliphatic heterocycles. The fourth-order valence-electron chi connectivity index (χ4n) is 0.602. The van der Waals surface area contributed by atoms with E-state index in [1.54, 1.807) is 0 Å². The van der Waals surface area contributed by atoms with E-state index in [0.717, 1.165) is 13.8 Å². The molecule has 0 rings (SSSR count). The second-order valence-corrected chi connectivity index (χ2v) is 2.38. The summed E-state index contributed by atoms with van der Waals surface area (Å²) in [5, 5.41) is 0. The second-order valence-electron chi connectivity index (χ2n) is 2.38. The van der Waals surface area contributed by atoms with Crippen molar-refractivity contribution in [1.82, 2.24) is 0 Å². The van der Waals surface area contributed by atoms with Crippen molar-refractivity contribution < 1.29 is 23.7 Å². The maximum Gasteiger partial charge on any atom is 0.400 e. The Bertz CT molecular complexity index is 196. The van der Waals surface area contributed by atoms with Crippen LogP contribution >= 0.6 is 0 Å². The zero-order chi connectivity index (χ0) is 9.72. The van der Waals surface area contributed by atoms with Gasteiger partial charge in [-0.25, -0.2) is 0 Å². The standard InChI is InChI=1S/C6H10BO5/c1-4(8)7(11-5(2)9)12-6(3)10/h7H,1-3H3/q-1. The molecule has 0 aromatic heterocycles. The number of rotatable bonds is 3. The third-order valence-corrected chi connectivity index (χ3v) is 1.08. The molecule has 0 saturated heterocycles. The smallest absolute Gasteiger partial charge is 0.400 e. The van der Waals surface area contributed by atoms with E-state index >= 15 is 0 Å². The number of carbonyl (C=O) groups excluding carboxylic acids is 3. The van der Waals surface area contributed by atoms with Gasteiger partial charge in [0.05, 0.1) is 5.68 Å². The van der Waals surface area contributed by atoms with Crippen molar-refractivity contribution in [3.63, 3.8) is 0 Å². The van der Waals surface area contributed by atoms with Gasteiger partial charge in [-0.3, -0.25) is 9.59 Å². The van der Waals surface area contributed by atoms with Crippen LogP contribution < -0.4 is 0 Å². The van der Waals surface area contributed by atoms with Gasteiger partial charge in [-0.1, -0.05) is 0 Å². The Morgan fingerprint density at radius 3 is 1.42 bits per heavy atom.